The molecule has 1 aromatic rings. The Bertz CT molecular complexity index is 455. The van der Waals surface area contributed by atoms with Crippen molar-refractivity contribution in [3.63, 3.8) is 0 Å². The molecule has 0 aliphatic carbocycles. The molecule has 0 radical (unpaired) electrons. The number of likely N-dealkylation sites (N-methyl/N-ethyl adjacent to an activating group) is 2. The summed E-state index contributed by atoms with van der Waals surface area (Å²) in [5.74, 6) is 0. The molecular formula is C15H22Cl2N2O. The number of rotatable bonds is 3. The van der Waals surface area contributed by atoms with Crippen LogP contribution in [0.5, 0.6) is 0 Å². The number of benzene rings is 1. The Balaban J connectivity index is 2.09. The largest absolute Gasteiger partial charge is 0.391 e. The number of hydrogen-bond acceptors (Lipinski definition) is 3. The van der Waals surface area contributed by atoms with Gasteiger partial charge in [0, 0.05) is 29.1 Å². The highest BCUT2D eigenvalue weighted by molar-refractivity contribution is 6.33. The van der Waals surface area contributed by atoms with E-state index >= 15 is 0 Å². The highest BCUT2D eigenvalue weighted by Gasteiger charge is 2.27. The molecule has 1 fully saturated rings. The Morgan fingerprint density at radius 2 is 2.05 bits per heavy atom. The van der Waals surface area contributed by atoms with Crippen LogP contribution < -0.4 is 0 Å². The maximum absolute atomic E-state index is 10.6. The van der Waals surface area contributed by atoms with E-state index in [1.165, 1.54) is 0 Å². The molecule has 2 rings (SSSR count). The zero-order chi connectivity index (χ0) is 14.7. The molecule has 1 N–H and O–H groups in total. The third kappa shape index (κ3) is 4.09. The fraction of sp³-hybridized carbons (Fsp3) is 0.600. The van der Waals surface area contributed by atoms with Crippen molar-refractivity contribution in [2.24, 2.45) is 0 Å². The monoisotopic (exact) mass is 316 g/mol. The molecule has 20 heavy (non-hydrogen) atoms. The molecule has 2 unspecified atom stereocenters. The predicted molar refractivity (Wildman–Crippen MR) is 84.7 cm³/mol. The second-order valence-electron chi connectivity index (χ2n) is 5.67. The minimum Gasteiger partial charge on any atom is -0.391 e. The maximum atomic E-state index is 10.6. The van der Waals surface area contributed by atoms with Crippen molar-refractivity contribution in [3.05, 3.63) is 33.8 Å². The van der Waals surface area contributed by atoms with E-state index in [2.05, 4.69) is 23.9 Å². The van der Waals surface area contributed by atoms with E-state index < -0.39 is 6.10 Å². The van der Waals surface area contributed by atoms with Gasteiger partial charge in [-0.15, -0.1) is 0 Å². The van der Waals surface area contributed by atoms with E-state index in [0.29, 0.717) is 16.5 Å². The lowest BCUT2D eigenvalue weighted by Crippen LogP contribution is -2.47. The number of aliphatic hydroxyl groups excluding tert-OH is 1. The van der Waals surface area contributed by atoms with Gasteiger partial charge in [-0.3, -0.25) is 4.90 Å². The molecule has 0 bridgehead atoms. The lowest BCUT2D eigenvalue weighted by Gasteiger charge is -2.31. The summed E-state index contributed by atoms with van der Waals surface area (Å²) in [5, 5.41) is 11.9. The summed E-state index contributed by atoms with van der Waals surface area (Å²) < 4.78 is 0. The summed E-state index contributed by atoms with van der Waals surface area (Å²) in [6.45, 7) is 2.96. The van der Waals surface area contributed by atoms with Crippen molar-refractivity contribution in [1.82, 2.24) is 9.80 Å². The highest BCUT2D eigenvalue weighted by Crippen LogP contribution is 2.23. The first-order valence-corrected chi connectivity index (χ1v) is 7.73. The summed E-state index contributed by atoms with van der Waals surface area (Å²) >= 11 is 12.2. The van der Waals surface area contributed by atoms with Crippen LogP contribution in [0, 0.1) is 0 Å². The molecule has 1 heterocycles. The quantitative estimate of drug-likeness (QED) is 0.928. The molecule has 0 saturated carbocycles. The minimum atomic E-state index is -0.448. The van der Waals surface area contributed by atoms with Gasteiger partial charge in [-0.1, -0.05) is 23.2 Å². The molecule has 1 aliphatic heterocycles. The van der Waals surface area contributed by atoms with E-state index in [4.69, 9.17) is 23.2 Å². The number of hydrogen-bond donors (Lipinski definition) is 1. The van der Waals surface area contributed by atoms with Crippen molar-refractivity contribution in [3.8, 4) is 0 Å². The molecule has 1 aromatic carbocycles. The first-order valence-electron chi connectivity index (χ1n) is 6.98. The zero-order valence-corrected chi connectivity index (χ0v) is 13.5. The number of halogens is 2. The van der Waals surface area contributed by atoms with Gasteiger partial charge in [0.2, 0.25) is 0 Å². The smallest absolute Gasteiger partial charge is 0.0748 e. The van der Waals surface area contributed by atoms with Crippen LogP contribution in [0.3, 0.4) is 0 Å². The molecule has 2 atom stereocenters. The first-order chi connectivity index (χ1) is 9.47. The summed E-state index contributed by atoms with van der Waals surface area (Å²) in [4.78, 5) is 4.52. The Kier molecular flexibility index (Phi) is 5.70. The van der Waals surface area contributed by atoms with Gasteiger partial charge in [0.15, 0.2) is 0 Å². The first kappa shape index (κ1) is 16.1. The fourth-order valence-corrected chi connectivity index (χ4v) is 3.17. The highest BCUT2D eigenvalue weighted by atomic mass is 35.5. The molecule has 1 saturated heterocycles. The normalized spacial score (nSPS) is 23.6. The SMILES string of the molecule is CN1CCCN(C)C(C(O)Cc2cc(Cl)ccc2Cl)C1. The minimum absolute atomic E-state index is 0.123. The molecule has 0 spiro atoms. The van der Waals surface area contributed by atoms with Crippen LogP contribution in [0.25, 0.3) is 0 Å². The average molecular weight is 317 g/mol. The van der Waals surface area contributed by atoms with Crippen molar-refractivity contribution in [2.75, 3.05) is 33.7 Å². The zero-order valence-electron chi connectivity index (χ0n) is 12.0. The van der Waals surface area contributed by atoms with Crippen LogP contribution in [-0.4, -0.2) is 60.8 Å². The topological polar surface area (TPSA) is 26.7 Å². The van der Waals surface area contributed by atoms with E-state index in [9.17, 15) is 5.11 Å². The fourth-order valence-electron chi connectivity index (χ4n) is 2.78. The Labute approximate surface area is 131 Å². The van der Waals surface area contributed by atoms with Crippen LogP contribution in [-0.2, 0) is 6.42 Å². The number of nitrogens with zero attached hydrogens (tertiary/aromatic N) is 2. The second kappa shape index (κ2) is 7.10. The van der Waals surface area contributed by atoms with Gasteiger partial charge in [0.05, 0.1) is 6.10 Å². The second-order valence-corrected chi connectivity index (χ2v) is 6.51. The standard InChI is InChI=1S/C15H22Cl2N2O/c1-18-6-3-7-19(2)14(10-18)15(20)9-11-8-12(16)4-5-13(11)17/h4-5,8,14-15,20H,3,6-7,9-10H2,1-2H3. The molecule has 1 aliphatic rings. The van der Waals surface area contributed by atoms with Crippen LogP contribution in [0.1, 0.15) is 12.0 Å². The van der Waals surface area contributed by atoms with Crippen molar-refractivity contribution in [1.29, 1.82) is 0 Å². The summed E-state index contributed by atoms with van der Waals surface area (Å²) in [6, 6.07) is 5.52. The lowest BCUT2D eigenvalue weighted by atomic mass is 10.0. The van der Waals surface area contributed by atoms with E-state index in [1.807, 2.05) is 6.07 Å². The molecule has 0 amide bonds. The van der Waals surface area contributed by atoms with Crippen LogP contribution in [0.2, 0.25) is 10.0 Å². The van der Waals surface area contributed by atoms with E-state index in [1.54, 1.807) is 12.1 Å². The maximum Gasteiger partial charge on any atom is 0.0748 e. The van der Waals surface area contributed by atoms with Gasteiger partial charge in [0.25, 0.3) is 0 Å². The Morgan fingerprint density at radius 1 is 1.30 bits per heavy atom. The van der Waals surface area contributed by atoms with Gasteiger partial charge in [-0.05, 0) is 57.4 Å². The third-order valence-corrected chi connectivity index (χ3v) is 4.60. The Morgan fingerprint density at radius 3 is 2.80 bits per heavy atom. The summed E-state index contributed by atoms with van der Waals surface area (Å²) in [5.41, 5.74) is 0.909. The third-order valence-electron chi connectivity index (χ3n) is 4.00. The average Bonchev–Trinajstić information content (AvgIpc) is 2.55. The van der Waals surface area contributed by atoms with Gasteiger partial charge in [-0.25, -0.2) is 0 Å². The molecule has 0 aromatic heterocycles. The van der Waals surface area contributed by atoms with Crippen LogP contribution in [0.15, 0.2) is 18.2 Å². The summed E-state index contributed by atoms with van der Waals surface area (Å²) in [6.07, 6.45) is 1.22. The number of aliphatic hydroxyl groups is 1. The van der Waals surface area contributed by atoms with Crippen molar-refractivity contribution >= 4 is 23.2 Å². The van der Waals surface area contributed by atoms with Gasteiger partial charge in [-0.2, -0.15) is 0 Å². The van der Waals surface area contributed by atoms with Gasteiger partial charge < -0.3 is 10.0 Å². The molecular weight excluding hydrogens is 295 g/mol. The molecule has 112 valence electrons. The van der Waals surface area contributed by atoms with Crippen molar-refractivity contribution < 1.29 is 5.11 Å². The lowest BCUT2D eigenvalue weighted by molar-refractivity contribution is 0.0581. The van der Waals surface area contributed by atoms with Gasteiger partial charge >= 0.3 is 0 Å². The molecule has 5 heteroatoms. The Hall–Kier alpha value is -0.320. The van der Waals surface area contributed by atoms with E-state index in [-0.39, 0.29) is 6.04 Å². The van der Waals surface area contributed by atoms with Crippen molar-refractivity contribution in [2.45, 2.75) is 25.0 Å². The predicted octanol–water partition coefficient (Wildman–Crippen LogP) is 2.53. The van der Waals surface area contributed by atoms with Gasteiger partial charge in [0.1, 0.15) is 0 Å². The van der Waals surface area contributed by atoms with Crippen LogP contribution >= 0.6 is 23.2 Å². The van der Waals surface area contributed by atoms with E-state index in [0.717, 1.165) is 31.6 Å². The summed E-state index contributed by atoms with van der Waals surface area (Å²) in [7, 11) is 4.18. The van der Waals surface area contributed by atoms with Crippen LogP contribution in [0.4, 0.5) is 0 Å². The molecule has 3 nitrogen and oxygen atoms in total.